The smallest absolute Gasteiger partial charge is 0.444 e. The van der Waals surface area contributed by atoms with Crippen LogP contribution in [0.3, 0.4) is 0 Å². The van der Waals surface area contributed by atoms with Crippen LogP contribution in [0.4, 0.5) is 23.7 Å². The molecule has 140 valence electrons. The summed E-state index contributed by atoms with van der Waals surface area (Å²) in [6, 6.07) is 12.8. The van der Waals surface area contributed by atoms with Gasteiger partial charge < -0.3 is 9.26 Å². The van der Waals surface area contributed by atoms with Crippen molar-refractivity contribution >= 4 is 23.4 Å². The predicted octanol–water partition coefficient (Wildman–Crippen LogP) is 5.16. The van der Waals surface area contributed by atoms with Gasteiger partial charge in [-0.25, -0.2) is 4.79 Å². The van der Waals surface area contributed by atoms with Gasteiger partial charge in [0.1, 0.15) is 6.61 Å². The third kappa shape index (κ3) is 4.76. The van der Waals surface area contributed by atoms with Crippen molar-refractivity contribution in [1.29, 1.82) is 0 Å². The van der Waals surface area contributed by atoms with Crippen molar-refractivity contribution < 1.29 is 27.2 Å². The molecule has 1 aromatic heterocycles. The molecule has 0 aliphatic carbocycles. The van der Waals surface area contributed by atoms with Crippen LogP contribution in [0.25, 0.3) is 11.4 Å². The summed E-state index contributed by atoms with van der Waals surface area (Å²) in [5, 5.41) is 6.17. The van der Waals surface area contributed by atoms with Gasteiger partial charge in [0.05, 0.1) is 10.7 Å². The van der Waals surface area contributed by atoms with Crippen LogP contribution in [0, 0.1) is 0 Å². The van der Waals surface area contributed by atoms with Gasteiger partial charge in [0, 0.05) is 5.56 Å². The first-order valence-electron chi connectivity index (χ1n) is 7.51. The molecule has 10 heteroatoms. The van der Waals surface area contributed by atoms with Crippen LogP contribution < -0.4 is 5.32 Å². The molecule has 1 N–H and O–H groups in total. The van der Waals surface area contributed by atoms with Gasteiger partial charge in [0.2, 0.25) is 5.82 Å². The van der Waals surface area contributed by atoms with Crippen LogP contribution in [0.2, 0.25) is 5.02 Å². The normalized spacial score (nSPS) is 11.3. The average Bonchev–Trinajstić information content (AvgIpc) is 3.13. The number of alkyl halides is 3. The second-order valence-electron chi connectivity index (χ2n) is 5.30. The Balaban J connectivity index is 1.58. The van der Waals surface area contributed by atoms with Crippen molar-refractivity contribution in [2.45, 2.75) is 12.8 Å². The molecule has 1 heterocycles. The van der Waals surface area contributed by atoms with E-state index < -0.39 is 18.2 Å². The van der Waals surface area contributed by atoms with Gasteiger partial charge in [-0.3, -0.25) is 5.32 Å². The number of nitrogens with one attached hydrogen (secondary N) is 1. The summed E-state index contributed by atoms with van der Waals surface area (Å²) in [6.45, 7) is -0.0450. The SMILES string of the molecule is O=C(Nc1ccccc1Cl)OCc1ccc(-c2noc(C(F)(F)F)n2)cc1. The lowest BCUT2D eigenvalue weighted by atomic mass is 10.1. The van der Waals surface area contributed by atoms with E-state index in [1.54, 1.807) is 36.4 Å². The Hall–Kier alpha value is -3.07. The molecule has 0 saturated heterocycles. The lowest BCUT2D eigenvalue weighted by molar-refractivity contribution is -0.159. The summed E-state index contributed by atoms with van der Waals surface area (Å²) in [6.07, 6.45) is -5.39. The Labute approximate surface area is 155 Å². The minimum Gasteiger partial charge on any atom is -0.444 e. The standard InChI is InChI=1S/C17H11ClF3N3O3/c18-12-3-1-2-4-13(12)22-16(25)26-9-10-5-7-11(8-6-10)14-23-15(27-24-14)17(19,20)21/h1-8H,9H2,(H,22,25). The topological polar surface area (TPSA) is 77.2 Å². The van der Waals surface area contributed by atoms with Crippen molar-refractivity contribution in [3.05, 3.63) is 65.0 Å². The summed E-state index contributed by atoms with van der Waals surface area (Å²) in [5.74, 6) is -1.60. The van der Waals surface area contributed by atoms with Crippen molar-refractivity contribution in [3.63, 3.8) is 0 Å². The molecule has 0 aliphatic rings. The molecule has 0 fully saturated rings. The first-order chi connectivity index (χ1) is 12.8. The zero-order valence-corrected chi connectivity index (χ0v) is 14.2. The third-order valence-electron chi connectivity index (χ3n) is 3.36. The lowest BCUT2D eigenvalue weighted by Crippen LogP contribution is -2.13. The Morgan fingerprint density at radius 1 is 1.15 bits per heavy atom. The molecular weight excluding hydrogens is 387 g/mol. The highest BCUT2D eigenvalue weighted by Crippen LogP contribution is 2.29. The molecule has 0 radical (unpaired) electrons. The van der Waals surface area contributed by atoms with Crippen molar-refractivity contribution in [3.8, 4) is 11.4 Å². The van der Waals surface area contributed by atoms with Gasteiger partial charge in [-0.2, -0.15) is 18.2 Å². The van der Waals surface area contributed by atoms with Gasteiger partial charge in [0.25, 0.3) is 0 Å². The zero-order chi connectivity index (χ0) is 19.4. The fraction of sp³-hybridized carbons (Fsp3) is 0.118. The number of ether oxygens (including phenoxy) is 1. The number of hydrogen-bond acceptors (Lipinski definition) is 5. The predicted molar refractivity (Wildman–Crippen MR) is 90.0 cm³/mol. The minimum atomic E-state index is -4.70. The second kappa shape index (κ2) is 7.67. The number of aromatic nitrogens is 2. The van der Waals surface area contributed by atoms with Crippen LogP contribution in [-0.4, -0.2) is 16.2 Å². The van der Waals surface area contributed by atoms with Gasteiger partial charge in [-0.1, -0.05) is 53.2 Å². The number of nitrogens with zero attached hydrogens (tertiary/aromatic N) is 2. The highest BCUT2D eigenvalue weighted by Gasteiger charge is 2.38. The summed E-state index contributed by atoms with van der Waals surface area (Å²) >= 11 is 5.93. The van der Waals surface area contributed by atoms with Crippen LogP contribution in [0.15, 0.2) is 53.1 Å². The molecule has 2 aromatic carbocycles. The van der Waals surface area contributed by atoms with E-state index in [0.717, 1.165) is 0 Å². The molecule has 3 aromatic rings. The molecule has 1 amide bonds. The lowest BCUT2D eigenvalue weighted by Gasteiger charge is -2.08. The zero-order valence-electron chi connectivity index (χ0n) is 13.5. The summed E-state index contributed by atoms with van der Waals surface area (Å²) < 4.78 is 46.7. The van der Waals surface area contributed by atoms with E-state index in [1.807, 2.05) is 0 Å². The van der Waals surface area contributed by atoms with Crippen molar-refractivity contribution in [1.82, 2.24) is 10.1 Å². The van der Waals surface area contributed by atoms with Gasteiger partial charge in [-0.05, 0) is 17.7 Å². The molecule has 27 heavy (non-hydrogen) atoms. The number of carbonyl (C=O) groups excluding carboxylic acids is 1. The number of rotatable bonds is 4. The molecule has 0 spiro atoms. The number of benzene rings is 2. The van der Waals surface area contributed by atoms with Crippen LogP contribution in [0.5, 0.6) is 0 Å². The maximum absolute atomic E-state index is 12.5. The van der Waals surface area contributed by atoms with Gasteiger partial charge in [-0.15, -0.1) is 0 Å². The average molecular weight is 398 g/mol. The van der Waals surface area contributed by atoms with E-state index in [-0.39, 0.29) is 12.4 Å². The van der Waals surface area contributed by atoms with Gasteiger partial charge in [0.15, 0.2) is 0 Å². The number of amides is 1. The van der Waals surface area contributed by atoms with Crippen LogP contribution >= 0.6 is 11.6 Å². The Morgan fingerprint density at radius 2 is 1.85 bits per heavy atom. The minimum absolute atomic E-state index is 0.0450. The maximum atomic E-state index is 12.5. The Bertz CT molecular complexity index is 942. The number of para-hydroxylation sites is 1. The van der Waals surface area contributed by atoms with Crippen molar-refractivity contribution in [2.75, 3.05) is 5.32 Å². The molecule has 0 unspecified atom stereocenters. The van der Waals surface area contributed by atoms with Crippen LogP contribution in [-0.2, 0) is 17.5 Å². The largest absolute Gasteiger partial charge is 0.471 e. The molecule has 0 bridgehead atoms. The molecule has 6 nitrogen and oxygen atoms in total. The number of halogens is 4. The molecular formula is C17H11ClF3N3O3. The van der Waals surface area contributed by atoms with Gasteiger partial charge >= 0.3 is 18.2 Å². The third-order valence-corrected chi connectivity index (χ3v) is 3.69. The number of carbonyl (C=O) groups is 1. The second-order valence-corrected chi connectivity index (χ2v) is 5.71. The molecule has 3 rings (SSSR count). The van der Waals surface area contributed by atoms with E-state index in [2.05, 4.69) is 20.0 Å². The van der Waals surface area contributed by atoms with E-state index in [4.69, 9.17) is 16.3 Å². The summed E-state index contributed by atoms with van der Waals surface area (Å²) in [5.41, 5.74) is 1.36. The van der Waals surface area contributed by atoms with E-state index in [1.165, 1.54) is 12.1 Å². The Morgan fingerprint density at radius 3 is 2.48 bits per heavy atom. The summed E-state index contributed by atoms with van der Waals surface area (Å²) in [7, 11) is 0. The first kappa shape index (κ1) is 18.7. The first-order valence-corrected chi connectivity index (χ1v) is 7.89. The van der Waals surface area contributed by atoms with E-state index in [9.17, 15) is 18.0 Å². The fourth-order valence-electron chi connectivity index (χ4n) is 2.06. The number of hydrogen-bond donors (Lipinski definition) is 1. The van der Waals surface area contributed by atoms with E-state index in [0.29, 0.717) is 21.8 Å². The highest BCUT2D eigenvalue weighted by molar-refractivity contribution is 6.33. The quantitative estimate of drug-likeness (QED) is 0.658. The number of anilines is 1. The van der Waals surface area contributed by atoms with E-state index >= 15 is 0 Å². The highest BCUT2D eigenvalue weighted by atomic mass is 35.5. The maximum Gasteiger partial charge on any atom is 0.471 e. The molecule has 0 atom stereocenters. The monoisotopic (exact) mass is 397 g/mol. The Kier molecular flexibility index (Phi) is 5.31. The molecule has 0 aliphatic heterocycles. The van der Waals surface area contributed by atoms with Crippen molar-refractivity contribution in [2.24, 2.45) is 0 Å². The fourth-order valence-corrected chi connectivity index (χ4v) is 2.25. The van der Waals surface area contributed by atoms with Crippen LogP contribution in [0.1, 0.15) is 11.5 Å². The summed E-state index contributed by atoms with van der Waals surface area (Å²) in [4.78, 5) is 15.1. The molecule has 0 saturated carbocycles.